The van der Waals surface area contributed by atoms with E-state index in [1.54, 1.807) is 18.4 Å². The van der Waals surface area contributed by atoms with Crippen LogP contribution in [0.1, 0.15) is 12.5 Å². The number of hydrogen-bond acceptors (Lipinski definition) is 4. The van der Waals surface area contributed by atoms with E-state index in [9.17, 15) is 9.32 Å². The minimum atomic E-state index is -0.851. The van der Waals surface area contributed by atoms with Gasteiger partial charge in [0.25, 0.3) is 0 Å². The fourth-order valence-electron chi connectivity index (χ4n) is 1.53. The fourth-order valence-corrected chi connectivity index (χ4v) is 2.00. The number of rotatable bonds is 8. The Morgan fingerprint density at radius 3 is 2.75 bits per heavy atom. The van der Waals surface area contributed by atoms with Crippen LogP contribution in [0.25, 0.3) is 0 Å². The van der Waals surface area contributed by atoms with Crippen molar-refractivity contribution in [2.75, 3.05) is 26.0 Å². The summed E-state index contributed by atoms with van der Waals surface area (Å²) in [5.41, 5.74) is 0.941. The third-order valence-electron chi connectivity index (χ3n) is 2.95. The lowest BCUT2D eigenvalue weighted by Gasteiger charge is -2.15. The van der Waals surface area contributed by atoms with E-state index in [2.05, 4.69) is 5.32 Å². The summed E-state index contributed by atoms with van der Waals surface area (Å²) in [7, 11) is -0.851. The molecule has 0 aliphatic rings. The van der Waals surface area contributed by atoms with Gasteiger partial charge in [0.2, 0.25) is 0 Å². The van der Waals surface area contributed by atoms with Crippen molar-refractivity contribution in [3.63, 3.8) is 0 Å². The Labute approximate surface area is 127 Å². The van der Waals surface area contributed by atoms with Crippen molar-refractivity contribution in [1.82, 2.24) is 5.32 Å². The van der Waals surface area contributed by atoms with E-state index in [1.165, 1.54) is 0 Å². The number of aryl methyl sites for hydroxylation is 1. The Bertz CT molecular complexity index is 456. The maximum absolute atomic E-state index is 11.2. The summed E-state index contributed by atoms with van der Waals surface area (Å²) < 4.78 is 16.7. The lowest BCUT2D eigenvalue weighted by atomic mass is 10.2. The maximum Gasteiger partial charge on any atom is 0.119 e. The van der Waals surface area contributed by atoms with E-state index in [1.807, 2.05) is 19.9 Å². The predicted octanol–water partition coefficient (Wildman–Crippen LogP) is 1.74. The number of nitrogens with one attached hydrogen (secondary N) is 1. The van der Waals surface area contributed by atoms with Crippen LogP contribution in [0, 0.1) is 6.92 Å². The summed E-state index contributed by atoms with van der Waals surface area (Å²) in [6.45, 7) is 5.04. The van der Waals surface area contributed by atoms with Gasteiger partial charge in [-0.05, 0) is 37.6 Å². The average Bonchev–Trinajstić information content (AvgIpc) is 2.40. The predicted molar refractivity (Wildman–Crippen MR) is 84.1 cm³/mol. The van der Waals surface area contributed by atoms with Crippen molar-refractivity contribution in [3.8, 4) is 5.75 Å². The Balaban J connectivity index is 2.27. The normalized spacial score (nSPS) is 15.7. The molecule has 2 N–H and O–H groups in total. The van der Waals surface area contributed by atoms with Crippen LogP contribution in [0.4, 0.5) is 0 Å². The Hall–Kier alpha value is -0.620. The lowest BCUT2D eigenvalue weighted by Crippen LogP contribution is -2.36. The molecule has 0 heterocycles. The molecule has 1 aromatic rings. The third-order valence-corrected chi connectivity index (χ3v) is 4.67. The van der Waals surface area contributed by atoms with Crippen molar-refractivity contribution >= 4 is 22.4 Å². The van der Waals surface area contributed by atoms with Crippen LogP contribution in [0.3, 0.4) is 0 Å². The van der Waals surface area contributed by atoms with Gasteiger partial charge in [-0.2, -0.15) is 0 Å². The Morgan fingerprint density at radius 2 is 2.15 bits per heavy atom. The summed E-state index contributed by atoms with van der Waals surface area (Å²) in [6, 6.07) is 5.39. The van der Waals surface area contributed by atoms with E-state index in [0.717, 1.165) is 5.56 Å². The maximum atomic E-state index is 11.2. The van der Waals surface area contributed by atoms with Crippen molar-refractivity contribution in [2.45, 2.75) is 25.2 Å². The van der Waals surface area contributed by atoms with E-state index in [0.29, 0.717) is 23.9 Å². The molecule has 3 unspecified atom stereocenters. The lowest BCUT2D eigenvalue weighted by molar-refractivity contribution is 0.106. The molecule has 0 aliphatic carbocycles. The van der Waals surface area contributed by atoms with Gasteiger partial charge in [0.1, 0.15) is 18.5 Å². The molecule has 0 amide bonds. The van der Waals surface area contributed by atoms with Gasteiger partial charge in [-0.25, -0.2) is 0 Å². The molecule has 114 valence electrons. The third kappa shape index (κ3) is 6.22. The largest absolute Gasteiger partial charge is 0.491 e. The number of halogens is 1. The molecular weight excluding hydrogens is 298 g/mol. The summed E-state index contributed by atoms with van der Waals surface area (Å²) in [5.74, 6) is 0.689. The number of aliphatic hydroxyl groups is 1. The summed E-state index contributed by atoms with van der Waals surface area (Å²) in [4.78, 5) is 0. The molecule has 6 heteroatoms. The van der Waals surface area contributed by atoms with Crippen molar-refractivity contribution in [3.05, 3.63) is 28.8 Å². The van der Waals surface area contributed by atoms with Crippen LogP contribution < -0.4 is 10.1 Å². The molecule has 0 radical (unpaired) electrons. The minimum Gasteiger partial charge on any atom is -0.491 e. The second-order valence-corrected chi connectivity index (χ2v) is 7.05. The van der Waals surface area contributed by atoms with Crippen molar-refractivity contribution in [1.29, 1.82) is 0 Å². The zero-order chi connectivity index (χ0) is 15.1. The first-order valence-corrected chi connectivity index (χ1v) is 8.50. The van der Waals surface area contributed by atoms with E-state index >= 15 is 0 Å². The van der Waals surface area contributed by atoms with Crippen molar-refractivity contribution in [2.24, 2.45) is 0 Å². The molecule has 0 aliphatic heterocycles. The van der Waals surface area contributed by atoms with Gasteiger partial charge in [-0.1, -0.05) is 11.6 Å². The van der Waals surface area contributed by atoms with Crippen LogP contribution in [0.5, 0.6) is 5.75 Å². The molecule has 0 spiro atoms. The van der Waals surface area contributed by atoms with Crippen LogP contribution in [-0.2, 0) is 10.8 Å². The molecule has 0 fully saturated rings. The molecule has 0 bridgehead atoms. The molecule has 20 heavy (non-hydrogen) atoms. The fraction of sp³-hybridized carbons (Fsp3) is 0.571. The summed E-state index contributed by atoms with van der Waals surface area (Å²) in [5, 5.41) is 13.6. The van der Waals surface area contributed by atoms with Gasteiger partial charge >= 0.3 is 0 Å². The van der Waals surface area contributed by atoms with Gasteiger partial charge < -0.3 is 15.2 Å². The van der Waals surface area contributed by atoms with Gasteiger partial charge in [0, 0.05) is 40.4 Å². The van der Waals surface area contributed by atoms with Crippen LogP contribution in [0.2, 0.25) is 5.02 Å². The van der Waals surface area contributed by atoms with Gasteiger partial charge in [0.15, 0.2) is 0 Å². The number of hydrogen-bond donors (Lipinski definition) is 2. The molecule has 0 saturated carbocycles. The summed E-state index contributed by atoms with van der Waals surface area (Å²) in [6.07, 6.45) is 1.07. The molecule has 0 saturated heterocycles. The summed E-state index contributed by atoms with van der Waals surface area (Å²) >= 11 is 5.93. The second-order valence-electron chi connectivity index (χ2n) is 4.84. The molecule has 4 nitrogen and oxygen atoms in total. The monoisotopic (exact) mass is 319 g/mol. The molecule has 0 aromatic heterocycles. The molecular formula is C14H22ClNO3S. The van der Waals surface area contributed by atoms with Crippen molar-refractivity contribution < 1.29 is 14.1 Å². The van der Waals surface area contributed by atoms with Gasteiger partial charge in [-0.15, -0.1) is 0 Å². The highest BCUT2D eigenvalue weighted by Crippen LogP contribution is 2.20. The topological polar surface area (TPSA) is 58.6 Å². The molecule has 1 rings (SSSR count). The highest BCUT2D eigenvalue weighted by molar-refractivity contribution is 7.84. The van der Waals surface area contributed by atoms with Crippen LogP contribution in [-0.4, -0.2) is 46.6 Å². The van der Waals surface area contributed by atoms with E-state index in [-0.39, 0.29) is 11.9 Å². The molecule has 3 atom stereocenters. The highest BCUT2D eigenvalue weighted by atomic mass is 35.5. The van der Waals surface area contributed by atoms with Gasteiger partial charge in [0.05, 0.1) is 0 Å². The minimum absolute atomic E-state index is 0.0713. The number of aliphatic hydroxyl groups excluding tert-OH is 1. The average molecular weight is 320 g/mol. The first-order valence-electron chi connectivity index (χ1n) is 6.50. The first-order chi connectivity index (χ1) is 9.40. The molecule has 1 aromatic carbocycles. The van der Waals surface area contributed by atoms with Crippen LogP contribution >= 0.6 is 11.6 Å². The first kappa shape index (κ1) is 17.4. The SMILES string of the molecule is Cc1cc(OCC(O)CNCC(C)S(C)=O)ccc1Cl. The zero-order valence-electron chi connectivity index (χ0n) is 12.1. The van der Waals surface area contributed by atoms with Crippen LogP contribution in [0.15, 0.2) is 18.2 Å². The smallest absolute Gasteiger partial charge is 0.119 e. The zero-order valence-corrected chi connectivity index (χ0v) is 13.6. The van der Waals surface area contributed by atoms with Gasteiger partial charge in [-0.3, -0.25) is 4.21 Å². The second kappa shape index (κ2) is 8.62. The quantitative estimate of drug-likeness (QED) is 0.766. The number of benzene rings is 1. The Kier molecular flexibility index (Phi) is 7.51. The van der Waals surface area contributed by atoms with E-state index < -0.39 is 16.9 Å². The number of ether oxygens (including phenoxy) is 1. The standard InChI is InChI=1S/C14H22ClNO3S/c1-10-6-13(4-5-14(10)15)19-9-12(17)8-16-7-11(2)20(3)18/h4-6,11-12,16-17H,7-9H2,1-3H3. The highest BCUT2D eigenvalue weighted by Gasteiger charge is 2.09. The Morgan fingerprint density at radius 1 is 1.45 bits per heavy atom. The van der Waals surface area contributed by atoms with E-state index in [4.69, 9.17) is 16.3 Å².